The van der Waals surface area contributed by atoms with Gasteiger partial charge in [-0.3, -0.25) is 4.90 Å². The van der Waals surface area contributed by atoms with E-state index in [1.165, 1.54) is 5.56 Å². The maximum atomic E-state index is 5.72. The summed E-state index contributed by atoms with van der Waals surface area (Å²) in [6.45, 7) is 4.81. The Morgan fingerprint density at radius 3 is 3.00 bits per heavy atom. The third kappa shape index (κ3) is 3.20. The molecule has 0 unspecified atom stereocenters. The van der Waals surface area contributed by atoms with Gasteiger partial charge < -0.3 is 10.5 Å². The number of ether oxygens (including phenoxy) is 1. The molecule has 0 aromatic heterocycles. The summed E-state index contributed by atoms with van der Waals surface area (Å²) < 4.78 is 6.53. The monoisotopic (exact) mass is 284 g/mol. The van der Waals surface area contributed by atoms with E-state index < -0.39 is 0 Å². The fraction of sp³-hybridized carbons (Fsp3) is 0.500. The van der Waals surface area contributed by atoms with Gasteiger partial charge in [0.05, 0.1) is 6.61 Å². The molecule has 0 bridgehead atoms. The molecule has 3 nitrogen and oxygen atoms in total. The Hall–Kier alpha value is -0.580. The molecule has 4 heteroatoms. The summed E-state index contributed by atoms with van der Waals surface area (Å²) in [5.41, 5.74) is 7.81. The number of nitrogens with two attached hydrogens (primary N) is 1. The van der Waals surface area contributed by atoms with Crippen molar-refractivity contribution in [3.05, 3.63) is 28.2 Å². The van der Waals surface area contributed by atoms with Crippen molar-refractivity contribution in [2.24, 2.45) is 0 Å². The highest BCUT2D eigenvalue weighted by Gasteiger charge is 2.11. The number of nitrogens with zero attached hydrogens (tertiary/aromatic N) is 1. The fourth-order valence-electron chi connectivity index (χ4n) is 1.89. The van der Waals surface area contributed by atoms with E-state index in [1.54, 1.807) is 0 Å². The summed E-state index contributed by atoms with van der Waals surface area (Å²) in [4.78, 5) is 2.42. The first kappa shape index (κ1) is 11.9. The minimum absolute atomic E-state index is 0.801. The van der Waals surface area contributed by atoms with Crippen molar-refractivity contribution in [1.82, 2.24) is 4.90 Å². The van der Waals surface area contributed by atoms with Gasteiger partial charge in [-0.15, -0.1) is 0 Å². The zero-order valence-electron chi connectivity index (χ0n) is 9.29. The van der Waals surface area contributed by atoms with E-state index in [-0.39, 0.29) is 0 Å². The summed E-state index contributed by atoms with van der Waals surface area (Å²) >= 11 is 3.56. The molecule has 1 fully saturated rings. The summed E-state index contributed by atoms with van der Waals surface area (Å²) in [6.07, 6.45) is 1.12. The first-order chi connectivity index (χ1) is 7.75. The predicted molar refractivity (Wildman–Crippen MR) is 69.3 cm³/mol. The quantitative estimate of drug-likeness (QED) is 0.847. The number of hydrogen-bond acceptors (Lipinski definition) is 3. The Morgan fingerprint density at radius 1 is 1.31 bits per heavy atom. The van der Waals surface area contributed by atoms with Gasteiger partial charge in [-0.1, -0.05) is 22.0 Å². The SMILES string of the molecule is Nc1ccc(CN2CCCOCC2)c(Br)c1. The van der Waals surface area contributed by atoms with Gasteiger partial charge in [0.1, 0.15) is 0 Å². The Kier molecular flexibility index (Phi) is 4.21. The third-order valence-electron chi connectivity index (χ3n) is 2.79. The van der Waals surface area contributed by atoms with Crippen molar-refractivity contribution in [3.8, 4) is 0 Å². The van der Waals surface area contributed by atoms with E-state index in [4.69, 9.17) is 10.5 Å². The molecular weight excluding hydrogens is 268 g/mol. The minimum atomic E-state index is 0.801. The average Bonchev–Trinajstić information content (AvgIpc) is 2.51. The van der Waals surface area contributed by atoms with E-state index in [9.17, 15) is 0 Å². The summed E-state index contributed by atoms with van der Waals surface area (Å²) in [7, 11) is 0. The molecule has 2 rings (SSSR count). The molecule has 0 atom stereocenters. The van der Waals surface area contributed by atoms with Crippen molar-refractivity contribution in [1.29, 1.82) is 0 Å². The second-order valence-corrected chi connectivity index (χ2v) is 4.95. The van der Waals surface area contributed by atoms with Gasteiger partial charge in [0.25, 0.3) is 0 Å². The van der Waals surface area contributed by atoms with Crippen molar-refractivity contribution in [2.75, 3.05) is 32.0 Å². The molecule has 88 valence electrons. The highest BCUT2D eigenvalue weighted by Crippen LogP contribution is 2.21. The van der Waals surface area contributed by atoms with Crippen LogP contribution in [0.4, 0.5) is 5.69 Å². The second kappa shape index (κ2) is 5.66. The number of halogens is 1. The summed E-state index contributed by atoms with van der Waals surface area (Å²) in [5, 5.41) is 0. The standard InChI is InChI=1S/C12H17BrN2O/c13-12-8-11(14)3-2-10(12)9-15-4-1-6-16-7-5-15/h2-3,8H,1,4-7,9,14H2. The molecule has 0 amide bonds. The smallest absolute Gasteiger partial charge is 0.0593 e. The van der Waals surface area contributed by atoms with Crippen LogP contribution in [0.15, 0.2) is 22.7 Å². The molecule has 0 spiro atoms. The Morgan fingerprint density at radius 2 is 2.19 bits per heavy atom. The lowest BCUT2D eigenvalue weighted by Gasteiger charge is -2.19. The first-order valence-electron chi connectivity index (χ1n) is 5.60. The van der Waals surface area contributed by atoms with Crippen LogP contribution in [0, 0.1) is 0 Å². The van der Waals surface area contributed by atoms with Gasteiger partial charge >= 0.3 is 0 Å². The highest BCUT2D eigenvalue weighted by molar-refractivity contribution is 9.10. The lowest BCUT2D eigenvalue weighted by Crippen LogP contribution is -2.25. The lowest BCUT2D eigenvalue weighted by molar-refractivity contribution is 0.140. The zero-order valence-corrected chi connectivity index (χ0v) is 10.9. The molecule has 1 aromatic rings. The molecule has 0 saturated carbocycles. The fourth-order valence-corrected chi connectivity index (χ4v) is 2.41. The predicted octanol–water partition coefficient (Wildman–Crippen LogP) is 2.25. The first-order valence-corrected chi connectivity index (χ1v) is 6.39. The third-order valence-corrected chi connectivity index (χ3v) is 3.52. The van der Waals surface area contributed by atoms with Crippen LogP contribution in [0.25, 0.3) is 0 Å². The van der Waals surface area contributed by atoms with Crippen molar-refractivity contribution >= 4 is 21.6 Å². The van der Waals surface area contributed by atoms with Gasteiger partial charge in [0.15, 0.2) is 0 Å². The van der Waals surface area contributed by atoms with Crippen LogP contribution in [0.1, 0.15) is 12.0 Å². The molecular formula is C12H17BrN2O. The van der Waals surface area contributed by atoms with Crippen molar-refractivity contribution in [3.63, 3.8) is 0 Å². The molecule has 1 aliphatic heterocycles. The number of hydrogen-bond donors (Lipinski definition) is 1. The van der Waals surface area contributed by atoms with E-state index in [0.717, 1.165) is 49.4 Å². The number of anilines is 1. The number of benzene rings is 1. The topological polar surface area (TPSA) is 38.5 Å². The molecule has 1 aliphatic rings. The normalized spacial score (nSPS) is 18.3. The Labute approximate surface area is 105 Å². The lowest BCUT2D eigenvalue weighted by atomic mass is 10.2. The molecule has 0 radical (unpaired) electrons. The van der Waals surface area contributed by atoms with Crippen LogP contribution in [0.2, 0.25) is 0 Å². The number of rotatable bonds is 2. The molecule has 1 heterocycles. The highest BCUT2D eigenvalue weighted by atomic mass is 79.9. The summed E-state index contributed by atoms with van der Waals surface area (Å²) in [5.74, 6) is 0. The van der Waals surface area contributed by atoms with E-state index >= 15 is 0 Å². The van der Waals surface area contributed by atoms with Crippen LogP contribution >= 0.6 is 15.9 Å². The van der Waals surface area contributed by atoms with Gasteiger partial charge in [-0.25, -0.2) is 0 Å². The number of nitrogen functional groups attached to an aromatic ring is 1. The van der Waals surface area contributed by atoms with Crippen molar-refractivity contribution in [2.45, 2.75) is 13.0 Å². The van der Waals surface area contributed by atoms with Crippen molar-refractivity contribution < 1.29 is 4.74 Å². The molecule has 1 aromatic carbocycles. The largest absolute Gasteiger partial charge is 0.399 e. The van der Waals surface area contributed by atoms with Gasteiger partial charge in [-0.2, -0.15) is 0 Å². The Balaban J connectivity index is 2.01. The van der Waals surface area contributed by atoms with Crippen LogP contribution in [0.3, 0.4) is 0 Å². The maximum Gasteiger partial charge on any atom is 0.0593 e. The zero-order chi connectivity index (χ0) is 11.4. The van der Waals surface area contributed by atoms with Crippen LogP contribution in [-0.2, 0) is 11.3 Å². The van der Waals surface area contributed by atoms with E-state index in [0.29, 0.717) is 0 Å². The Bertz CT molecular complexity index is 349. The van der Waals surface area contributed by atoms with Crippen LogP contribution in [0.5, 0.6) is 0 Å². The molecule has 0 aliphatic carbocycles. The molecule has 16 heavy (non-hydrogen) atoms. The van der Waals surface area contributed by atoms with Crippen LogP contribution < -0.4 is 5.73 Å². The minimum Gasteiger partial charge on any atom is -0.399 e. The molecule has 2 N–H and O–H groups in total. The van der Waals surface area contributed by atoms with E-state index in [2.05, 4.69) is 26.9 Å². The van der Waals surface area contributed by atoms with Gasteiger partial charge in [0.2, 0.25) is 0 Å². The van der Waals surface area contributed by atoms with Gasteiger partial charge in [-0.05, 0) is 24.1 Å². The van der Waals surface area contributed by atoms with E-state index in [1.807, 2.05) is 12.1 Å². The average molecular weight is 285 g/mol. The maximum absolute atomic E-state index is 5.72. The second-order valence-electron chi connectivity index (χ2n) is 4.09. The van der Waals surface area contributed by atoms with Gasteiger partial charge in [0, 0.05) is 36.4 Å². The molecule has 1 saturated heterocycles. The summed E-state index contributed by atoms with van der Waals surface area (Å²) in [6, 6.07) is 6.00. The van der Waals surface area contributed by atoms with Crippen LogP contribution in [-0.4, -0.2) is 31.2 Å².